The van der Waals surface area contributed by atoms with Gasteiger partial charge < -0.3 is 5.11 Å². The van der Waals surface area contributed by atoms with Crippen LogP contribution < -0.4 is 0 Å². The van der Waals surface area contributed by atoms with Gasteiger partial charge >= 0.3 is 5.97 Å². The highest BCUT2D eigenvalue weighted by molar-refractivity contribution is 5.74. The number of aliphatic carboxylic acids is 1. The molecule has 94 valence electrons. The lowest BCUT2D eigenvalue weighted by Crippen LogP contribution is -2.30. The molecule has 4 heteroatoms. The monoisotopic (exact) mass is 242 g/mol. The predicted molar refractivity (Wildman–Crippen MR) is 60.7 cm³/mol. The fraction of sp³-hybridized carbons (Fsp3) is 0.462. The van der Waals surface area contributed by atoms with E-state index in [1.807, 2.05) is 6.92 Å². The summed E-state index contributed by atoms with van der Waals surface area (Å²) in [7, 11) is 0. The van der Waals surface area contributed by atoms with E-state index in [4.69, 9.17) is 5.11 Å². The standard InChI is InChI=1S/C13H16F2O2/c1-3-7-13(2,12(16)17)8-9-10(14)5-4-6-11(9)15/h4-6H,3,7-8H2,1-2H3,(H,16,17). The second-order valence-corrected chi connectivity index (χ2v) is 4.49. The van der Waals surface area contributed by atoms with E-state index in [1.165, 1.54) is 13.0 Å². The van der Waals surface area contributed by atoms with Gasteiger partial charge in [0.05, 0.1) is 5.41 Å². The summed E-state index contributed by atoms with van der Waals surface area (Å²) in [4.78, 5) is 11.2. The van der Waals surface area contributed by atoms with Crippen molar-refractivity contribution in [1.82, 2.24) is 0 Å². The Balaban J connectivity index is 3.06. The number of halogens is 2. The lowest BCUT2D eigenvalue weighted by atomic mass is 9.79. The maximum Gasteiger partial charge on any atom is 0.309 e. The van der Waals surface area contributed by atoms with Crippen LogP contribution >= 0.6 is 0 Å². The first-order valence-electron chi connectivity index (χ1n) is 5.57. The molecule has 0 radical (unpaired) electrons. The molecule has 0 aliphatic rings. The third kappa shape index (κ3) is 3.02. The zero-order valence-electron chi connectivity index (χ0n) is 9.96. The van der Waals surface area contributed by atoms with Gasteiger partial charge in [0.15, 0.2) is 0 Å². The molecule has 1 N–H and O–H groups in total. The molecule has 0 aromatic heterocycles. The predicted octanol–water partition coefficient (Wildman–Crippen LogP) is 3.40. The number of hydrogen-bond donors (Lipinski definition) is 1. The highest BCUT2D eigenvalue weighted by Crippen LogP contribution is 2.30. The Morgan fingerprint density at radius 2 is 1.88 bits per heavy atom. The van der Waals surface area contributed by atoms with Crippen molar-refractivity contribution in [3.63, 3.8) is 0 Å². The lowest BCUT2D eigenvalue weighted by Gasteiger charge is -2.24. The van der Waals surface area contributed by atoms with Crippen molar-refractivity contribution < 1.29 is 18.7 Å². The van der Waals surface area contributed by atoms with Crippen molar-refractivity contribution in [2.45, 2.75) is 33.1 Å². The summed E-state index contributed by atoms with van der Waals surface area (Å²) in [6.45, 7) is 3.36. The van der Waals surface area contributed by atoms with E-state index in [9.17, 15) is 13.6 Å². The first-order valence-corrected chi connectivity index (χ1v) is 5.57. The fourth-order valence-corrected chi connectivity index (χ4v) is 1.91. The SMILES string of the molecule is CCCC(C)(Cc1c(F)cccc1F)C(=O)O. The molecule has 17 heavy (non-hydrogen) atoms. The molecule has 0 saturated carbocycles. The number of rotatable bonds is 5. The Bertz CT molecular complexity index is 398. The van der Waals surface area contributed by atoms with Gasteiger partial charge in [-0.1, -0.05) is 19.4 Å². The molecule has 1 unspecified atom stereocenters. The van der Waals surface area contributed by atoms with Crippen molar-refractivity contribution in [2.24, 2.45) is 5.41 Å². The smallest absolute Gasteiger partial charge is 0.309 e. The number of carbonyl (C=O) groups is 1. The molecule has 0 saturated heterocycles. The second-order valence-electron chi connectivity index (χ2n) is 4.49. The topological polar surface area (TPSA) is 37.3 Å². The van der Waals surface area contributed by atoms with Gasteiger partial charge in [0.25, 0.3) is 0 Å². The zero-order chi connectivity index (χ0) is 13.1. The normalized spacial score (nSPS) is 14.4. The van der Waals surface area contributed by atoms with Gasteiger partial charge in [-0.3, -0.25) is 4.79 Å². The highest BCUT2D eigenvalue weighted by Gasteiger charge is 2.34. The van der Waals surface area contributed by atoms with Gasteiger partial charge in [-0.05, 0) is 31.9 Å². The van der Waals surface area contributed by atoms with Crippen molar-refractivity contribution in [1.29, 1.82) is 0 Å². The van der Waals surface area contributed by atoms with Gasteiger partial charge in [0.2, 0.25) is 0 Å². The van der Waals surface area contributed by atoms with Crippen molar-refractivity contribution in [3.8, 4) is 0 Å². The minimum atomic E-state index is -1.13. The van der Waals surface area contributed by atoms with Crippen LogP contribution in [0.25, 0.3) is 0 Å². The number of benzene rings is 1. The summed E-state index contributed by atoms with van der Waals surface area (Å²) in [5.74, 6) is -2.40. The second kappa shape index (κ2) is 5.25. The molecule has 0 amide bonds. The Labute approximate surface area is 99.3 Å². The average molecular weight is 242 g/mol. The summed E-state index contributed by atoms with van der Waals surface area (Å²) in [6.07, 6.45) is 0.906. The van der Waals surface area contributed by atoms with E-state index in [1.54, 1.807) is 0 Å². The summed E-state index contributed by atoms with van der Waals surface area (Å²) in [5, 5.41) is 9.16. The van der Waals surface area contributed by atoms with Gasteiger partial charge in [0, 0.05) is 5.56 Å². The van der Waals surface area contributed by atoms with E-state index in [0.717, 1.165) is 12.1 Å². The maximum atomic E-state index is 13.5. The third-order valence-electron chi connectivity index (χ3n) is 2.95. The molecule has 1 aromatic rings. The molecular formula is C13H16F2O2. The first-order chi connectivity index (χ1) is 7.90. The fourth-order valence-electron chi connectivity index (χ4n) is 1.91. The van der Waals surface area contributed by atoms with Crippen LogP contribution in [0.4, 0.5) is 8.78 Å². The van der Waals surface area contributed by atoms with Crippen LogP contribution in [-0.4, -0.2) is 11.1 Å². The zero-order valence-corrected chi connectivity index (χ0v) is 9.96. The number of carboxylic acids is 1. The van der Waals surface area contributed by atoms with Gasteiger partial charge in [-0.25, -0.2) is 8.78 Å². The molecular weight excluding hydrogens is 226 g/mol. The van der Waals surface area contributed by atoms with E-state index >= 15 is 0 Å². The molecule has 1 rings (SSSR count). The Morgan fingerprint density at radius 1 is 1.35 bits per heavy atom. The van der Waals surface area contributed by atoms with Crippen molar-refractivity contribution in [2.75, 3.05) is 0 Å². The number of hydrogen-bond acceptors (Lipinski definition) is 1. The summed E-state index contributed by atoms with van der Waals surface area (Å²) in [6, 6.07) is 3.56. The minimum absolute atomic E-state index is 0.130. The van der Waals surface area contributed by atoms with Crippen LogP contribution in [0.1, 0.15) is 32.3 Å². The molecule has 1 aromatic carbocycles. The number of carboxylic acid groups (broad SMARTS) is 1. The Kier molecular flexibility index (Phi) is 4.21. The Morgan fingerprint density at radius 3 is 2.29 bits per heavy atom. The van der Waals surface area contributed by atoms with Crippen molar-refractivity contribution >= 4 is 5.97 Å². The molecule has 0 bridgehead atoms. The maximum absolute atomic E-state index is 13.5. The Hall–Kier alpha value is -1.45. The van der Waals surface area contributed by atoms with Gasteiger partial charge in [-0.2, -0.15) is 0 Å². The van der Waals surface area contributed by atoms with Gasteiger partial charge in [0.1, 0.15) is 11.6 Å². The van der Waals surface area contributed by atoms with E-state index < -0.39 is 23.0 Å². The molecule has 0 fully saturated rings. The van der Waals surface area contributed by atoms with E-state index in [-0.39, 0.29) is 12.0 Å². The van der Waals surface area contributed by atoms with Crippen LogP contribution in [0.2, 0.25) is 0 Å². The molecule has 0 heterocycles. The summed E-state index contributed by atoms with van der Waals surface area (Å²) >= 11 is 0. The van der Waals surface area contributed by atoms with Crippen LogP contribution in [-0.2, 0) is 11.2 Å². The average Bonchev–Trinajstić information content (AvgIpc) is 2.24. The van der Waals surface area contributed by atoms with Crippen LogP contribution in [0.5, 0.6) is 0 Å². The van der Waals surface area contributed by atoms with Crippen LogP contribution in [0.15, 0.2) is 18.2 Å². The van der Waals surface area contributed by atoms with E-state index in [2.05, 4.69) is 0 Å². The first kappa shape index (κ1) is 13.6. The minimum Gasteiger partial charge on any atom is -0.481 e. The largest absolute Gasteiger partial charge is 0.481 e. The third-order valence-corrected chi connectivity index (χ3v) is 2.95. The van der Waals surface area contributed by atoms with Crippen molar-refractivity contribution in [3.05, 3.63) is 35.4 Å². The van der Waals surface area contributed by atoms with E-state index in [0.29, 0.717) is 12.8 Å². The van der Waals surface area contributed by atoms with Crippen LogP contribution in [0, 0.1) is 17.0 Å². The van der Waals surface area contributed by atoms with Crippen LogP contribution in [0.3, 0.4) is 0 Å². The molecule has 0 aliphatic carbocycles. The lowest BCUT2D eigenvalue weighted by molar-refractivity contribution is -0.148. The highest BCUT2D eigenvalue weighted by atomic mass is 19.1. The van der Waals surface area contributed by atoms with Gasteiger partial charge in [-0.15, -0.1) is 0 Å². The molecule has 0 spiro atoms. The molecule has 2 nitrogen and oxygen atoms in total. The molecule has 1 atom stereocenters. The quantitative estimate of drug-likeness (QED) is 0.859. The summed E-state index contributed by atoms with van der Waals surface area (Å²) in [5.41, 5.74) is -1.27. The molecule has 0 aliphatic heterocycles. The summed E-state index contributed by atoms with van der Waals surface area (Å²) < 4.78 is 26.9.